The number of aryl methyl sites for hydroxylation is 2. The predicted molar refractivity (Wildman–Crippen MR) is 113 cm³/mol. The Morgan fingerprint density at radius 2 is 2.03 bits per heavy atom. The summed E-state index contributed by atoms with van der Waals surface area (Å²) < 4.78 is 7.71. The maximum Gasteiger partial charge on any atom is 0.260 e. The number of carbonyl (C=O) groups excluding carboxylic acids is 2. The Bertz CT molecular complexity index is 1050. The molecule has 1 aliphatic rings. The van der Waals surface area contributed by atoms with Crippen LogP contribution in [0.4, 0.5) is 5.69 Å². The van der Waals surface area contributed by atoms with Crippen LogP contribution >= 0.6 is 11.3 Å². The van der Waals surface area contributed by atoms with Crippen LogP contribution in [0.3, 0.4) is 0 Å². The molecule has 3 aromatic rings. The molecule has 0 bridgehead atoms. The number of rotatable bonds is 6. The summed E-state index contributed by atoms with van der Waals surface area (Å²) in [4.78, 5) is 34.5. The zero-order valence-corrected chi connectivity index (χ0v) is 17.7. The lowest BCUT2D eigenvalue weighted by molar-refractivity contribution is -0.132. The molecule has 0 atom stereocenters. The highest BCUT2D eigenvalue weighted by Gasteiger charge is 2.21. The Balaban J connectivity index is 1.35. The Morgan fingerprint density at radius 3 is 2.72 bits per heavy atom. The third-order valence-corrected chi connectivity index (χ3v) is 6.04. The molecule has 2 aromatic heterocycles. The van der Waals surface area contributed by atoms with E-state index in [2.05, 4.69) is 15.6 Å². The summed E-state index contributed by atoms with van der Waals surface area (Å²) >= 11 is 1.64. The number of benzene rings is 1. The molecule has 0 N–H and O–H groups in total. The number of likely N-dealkylation sites (N-methyl/N-ethyl adjacent to an activating group) is 1. The second kappa shape index (κ2) is 7.87. The normalized spacial score (nSPS) is 14.0. The smallest absolute Gasteiger partial charge is 0.260 e. The summed E-state index contributed by atoms with van der Waals surface area (Å²) in [6, 6.07) is 7.32. The van der Waals surface area contributed by atoms with E-state index in [1.807, 2.05) is 26.0 Å². The molecule has 4 rings (SSSR count). The van der Waals surface area contributed by atoms with Gasteiger partial charge in [0.2, 0.25) is 5.91 Å². The molecule has 8 heteroatoms. The number of amides is 2. The van der Waals surface area contributed by atoms with E-state index >= 15 is 0 Å². The van der Waals surface area contributed by atoms with E-state index in [4.69, 9.17) is 4.74 Å². The fourth-order valence-corrected chi connectivity index (χ4v) is 4.40. The average Bonchev–Trinajstić information content (AvgIpc) is 3.36. The third-order valence-electron chi connectivity index (χ3n) is 5.14. The van der Waals surface area contributed by atoms with E-state index in [0.29, 0.717) is 18.7 Å². The van der Waals surface area contributed by atoms with Crippen molar-refractivity contribution in [1.82, 2.24) is 14.3 Å². The van der Waals surface area contributed by atoms with Crippen LogP contribution in [0.15, 0.2) is 30.5 Å². The Labute approximate surface area is 173 Å². The van der Waals surface area contributed by atoms with Crippen LogP contribution in [-0.2, 0) is 16.1 Å². The highest BCUT2D eigenvalue weighted by Crippen LogP contribution is 2.24. The van der Waals surface area contributed by atoms with Crippen molar-refractivity contribution in [2.75, 3.05) is 25.1 Å². The Kier molecular flexibility index (Phi) is 5.27. The van der Waals surface area contributed by atoms with Crippen molar-refractivity contribution < 1.29 is 14.3 Å². The van der Waals surface area contributed by atoms with Gasteiger partial charge in [-0.25, -0.2) is 4.98 Å². The van der Waals surface area contributed by atoms with Crippen LogP contribution in [0.1, 0.15) is 29.1 Å². The fourth-order valence-electron chi connectivity index (χ4n) is 3.51. The topological polar surface area (TPSA) is 67.2 Å². The molecule has 0 saturated carbocycles. The molecule has 0 unspecified atom stereocenters. The number of imidazole rings is 1. The molecule has 0 radical (unpaired) electrons. The quantitative estimate of drug-likeness (QED) is 0.624. The van der Waals surface area contributed by atoms with Gasteiger partial charge in [-0.1, -0.05) is 0 Å². The number of ether oxygens (including phenoxy) is 1. The number of hydrogen-bond acceptors (Lipinski definition) is 5. The van der Waals surface area contributed by atoms with Crippen molar-refractivity contribution in [2.24, 2.45) is 0 Å². The van der Waals surface area contributed by atoms with Crippen LogP contribution < -0.4 is 9.64 Å². The van der Waals surface area contributed by atoms with Gasteiger partial charge >= 0.3 is 0 Å². The van der Waals surface area contributed by atoms with Gasteiger partial charge in [0.05, 0.1) is 17.9 Å². The van der Waals surface area contributed by atoms with E-state index in [1.54, 1.807) is 40.3 Å². The highest BCUT2D eigenvalue weighted by atomic mass is 32.1. The van der Waals surface area contributed by atoms with Crippen molar-refractivity contribution in [3.05, 3.63) is 46.7 Å². The standard InChI is InChI=1S/C21H24N4O3S/c1-14-11-25-18(15(2)22-21(25)29-14)12-23(3)20(27)13-28-17-8-6-16(7-9-17)24-10-4-5-19(24)26/h6-9,11H,4-5,10,12-13H2,1-3H3. The molecule has 1 aromatic carbocycles. The van der Waals surface area contributed by atoms with E-state index in [-0.39, 0.29) is 18.4 Å². The molecule has 3 heterocycles. The molecule has 1 fully saturated rings. The molecule has 1 aliphatic heterocycles. The summed E-state index contributed by atoms with van der Waals surface area (Å²) in [5, 5.41) is 0. The maximum atomic E-state index is 12.5. The lowest BCUT2D eigenvalue weighted by atomic mass is 10.3. The number of aromatic nitrogens is 2. The zero-order chi connectivity index (χ0) is 20.5. The van der Waals surface area contributed by atoms with Crippen LogP contribution in [0, 0.1) is 13.8 Å². The molecule has 29 heavy (non-hydrogen) atoms. The van der Waals surface area contributed by atoms with E-state index in [9.17, 15) is 9.59 Å². The monoisotopic (exact) mass is 412 g/mol. The molecule has 2 amide bonds. The van der Waals surface area contributed by atoms with Gasteiger partial charge in [-0.3, -0.25) is 14.0 Å². The maximum absolute atomic E-state index is 12.5. The minimum atomic E-state index is -0.106. The fraction of sp³-hybridized carbons (Fsp3) is 0.381. The van der Waals surface area contributed by atoms with Gasteiger partial charge in [0.25, 0.3) is 5.91 Å². The first-order chi connectivity index (χ1) is 13.9. The van der Waals surface area contributed by atoms with Gasteiger partial charge in [-0.15, -0.1) is 11.3 Å². The first kappa shape index (κ1) is 19.4. The van der Waals surface area contributed by atoms with Gasteiger partial charge in [0.15, 0.2) is 11.6 Å². The van der Waals surface area contributed by atoms with Crippen LogP contribution in [0.25, 0.3) is 4.96 Å². The first-order valence-electron chi connectivity index (χ1n) is 9.63. The molecule has 152 valence electrons. The van der Waals surface area contributed by atoms with Gasteiger partial charge in [0.1, 0.15) is 5.75 Å². The van der Waals surface area contributed by atoms with Gasteiger partial charge in [-0.2, -0.15) is 0 Å². The number of hydrogen-bond donors (Lipinski definition) is 0. The average molecular weight is 413 g/mol. The van der Waals surface area contributed by atoms with Crippen LogP contribution in [0.2, 0.25) is 0 Å². The lowest BCUT2D eigenvalue weighted by Crippen LogP contribution is -2.31. The summed E-state index contributed by atoms with van der Waals surface area (Å²) in [7, 11) is 1.77. The minimum absolute atomic E-state index is 0.0395. The van der Waals surface area contributed by atoms with Crippen molar-refractivity contribution >= 4 is 33.8 Å². The lowest BCUT2D eigenvalue weighted by Gasteiger charge is -2.18. The third kappa shape index (κ3) is 3.98. The number of anilines is 1. The first-order valence-corrected chi connectivity index (χ1v) is 10.4. The summed E-state index contributed by atoms with van der Waals surface area (Å²) in [5.41, 5.74) is 2.82. The van der Waals surface area contributed by atoms with E-state index in [1.165, 1.54) is 4.88 Å². The molecular formula is C21H24N4O3S. The number of nitrogens with zero attached hydrogens (tertiary/aromatic N) is 4. The Morgan fingerprint density at radius 1 is 1.28 bits per heavy atom. The summed E-state index contributed by atoms with van der Waals surface area (Å²) in [6.45, 7) is 5.20. The number of fused-ring (bicyclic) bond motifs is 1. The van der Waals surface area contributed by atoms with Gasteiger partial charge in [0, 0.05) is 36.8 Å². The second-order valence-electron chi connectivity index (χ2n) is 7.32. The van der Waals surface area contributed by atoms with Crippen LogP contribution in [0.5, 0.6) is 5.75 Å². The number of thiazole rings is 1. The minimum Gasteiger partial charge on any atom is -0.484 e. The van der Waals surface area contributed by atoms with E-state index in [0.717, 1.165) is 35.0 Å². The van der Waals surface area contributed by atoms with Crippen molar-refractivity contribution in [2.45, 2.75) is 33.2 Å². The van der Waals surface area contributed by atoms with Gasteiger partial charge in [-0.05, 0) is 44.5 Å². The SMILES string of the molecule is Cc1cn2c(CN(C)C(=O)COc3ccc(N4CCCC4=O)cc3)c(C)nc2s1. The molecule has 7 nitrogen and oxygen atoms in total. The molecule has 0 spiro atoms. The molecular weight excluding hydrogens is 388 g/mol. The van der Waals surface area contributed by atoms with Gasteiger partial charge < -0.3 is 14.5 Å². The molecule has 0 aliphatic carbocycles. The highest BCUT2D eigenvalue weighted by molar-refractivity contribution is 7.17. The van der Waals surface area contributed by atoms with Crippen LogP contribution in [-0.4, -0.2) is 46.3 Å². The zero-order valence-electron chi connectivity index (χ0n) is 16.8. The van der Waals surface area contributed by atoms with Crippen molar-refractivity contribution in [3.63, 3.8) is 0 Å². The number of carbonyl (C=O) groups is 2. The Hall–Kier alpha value is -2.87. The summed E-state index contributed by atoms with van der Waals surface area (Å²) in [5.74, 6) is 0.657. The second-order valence-corrected chi connectivity index (χ2v) is 8.53. The predicted octanol–water partition coefficient (Wildman–Crippen LogP) is 3.18. The van der Waals surface area contributed by atoms with E-state index < -0.39 is 0 Å². The molecule has 1 saturated heterocycles. The van der Waals surface area contributed by atoms with Crippen molar-refractivity contribution in [1.29, 1.82) is 0 Å². The summed E-state index contributed by atoms with van der Waals surface area (Å²) in [6.07, 6.45) is 3.55. The van der Waals surface area contributed by atoms with Crippen molar-refractivity contribution in [3.8, 4) is 5.75 Å². The largest absolute Gasteiger partial charge is 0.484 e.